The van der Waals surface area contributed by atoms with Crippen molar-refractivity contribution in [2.75, 3.05) is 0 Å². The van der Waals surface area contributed by atoms with Crippen molar-refractivity contribution < 1.29 is 9.90 Å². The van der Waals surface area contributed by atoms with Crippen molar-refractivity contribution in [2.24, 2.45) is 0 Å². The molecule has 9 heteroatoms. The molecule has 3 aromatic rings. The van der Waals surface area contributed by atoms with Crippen molar-refractivity contribution in [3.05, 3.63) is 72.2 Å². The second-order valence-electron chi connectivity index (χ2n) is 5.56. The molecule has 26 heavy (non-hydrogen) atoms. The Hall–Kier alpha value is -1.86. The minimum absolute atomic E-state index is 0.122. The number of aliphatic carboxylic acids is 1. The van der Waals surface area contributed by atoms with Crippen molar-refractivity contribution in [3.63, 3.8) is 0 Å². The number of halogens is 3. The standard InChI is InChI=1S/C17H11Cl3N2O3S/c18-10-2-4-14-11(6-10)16(26)22(17(25)21(14)8-15(23)24)7-9-1-3-12(19)13(20)5-9/h1-6H,7-8H2,(H,23,24). The highest BCUT2D eigenvalue weighted by atomic mass is 35.5. The van der Waals surface area contributed by atoms with Crippen LogP contribution in [0.2, 0.25) is 15.1 Å². The van der Waals surface area contributed by atoms with Gasteiger partial charge in [-0.1, -0.05) is 53.1 Å². The number of fused-ring (bicyclic) bond motifs is 1. The largest absolute Gasteiger partial charge is 0.480 e. The summed E-state index contributed by atoms with van der Waals surface area (Å²) in [5.41, 5.74) is 0.589. The zero-order valence-electron chi connectivity index (χ0n) is 13.1. The van der Waals surface area contributed by atoms with Crippen molar-refractivity contribution in [2.45, 2.75) is 13.1 Å². The average Bonchev–Trinajstić information content (AvgIpc) is 2.58. The predicted octanol–water partition coefficient (Wildman–Crippen LogP) is 4.63. The van der Waals surface area contributed by atoms with E-state index < -0.39 is 18.2 Å². The molecular formula is C17H11Cl3N2O3S. The fraction of sp³-hybridized carbons (Fsp3) is 0.118. The summed E-state index contributed by atoms with van der Waals surface area (Å²) in [7, 11) is 0. The van der Waals surface area contributed by atoms with Crippen LogP contribution in [0.5, 0.6) is 0 Å². The molecule has 0 saturated heterocycles. The molecule has 0 spiro atoms. The van der Waals surface area contributed by atoms with Crippen molar-refractivity contribution in [3.8, 4) is 0 Å². The van der Waals surface area contributed by atoms with Gasteiger partial charge < -0.3 is 5.11 Å². The highest BCUT2D eigenvalue weighted by Crippen LogP contribution is 2.24. The van der Waals surface area contributed by atoms with E-state index in [1.54, 1.807) is 36.4 Å². The summed E-state index contributed by atoms with van der Waals surface area (Å²) in [5.74, 6) is -1.14. The number of hydrogen-bond acceptors (Lipinski definition) is 3. The summed E-state index contributed by atoms with van der Waals surface area (Å²) in [6.07, 6.45) is 0. The van der Waals surface area contributed by atoms with Gasteiger partial charge in [0.05, 0.1) is 22.1 Å². The smallest absolute Gasteiger partial charge is 0.330 e. The molecule has 1 N–H and O–H groups in total. The summed E-state index contributed by atoms with van der Waals surface area (Å²) in [6.45, 7) is -0.370. The molecular weight excluding hydrogens is 419 g/mol. The normalized spacial score (nSPS) is 11.0. The summed E-state index contributed by atoms with van der Waals surface area (Å²) >= 11 is 23.5. The first-order valence-corrected chi connectivity index (χ1v) is 8.91. The number of nitrogens with zero attached hydrogens (tertiary/aromatic N) is 2. The Bertz CT molecular complexity index is 1150. The van der Waals surface area contributed by atoms with Crippen LogP contribution in [0.15, 0.2) is 41.2 Å². The third-order valence-corrected chi connectivity index (χ3v) is 5.22. The number of rotatable bonds is 4. The number of carboxylic acids is 1. The number of hydrogen-bond donors (Lipinski definition) is 1. The van der Waals surface area contributed by atoms with Crippen molar-refractivity contribution >= 4 is 63.9 Å². The van der Waals surface area contributed by atoms with Gasteiger partial charge in [0.15, 0.2) is 0 Å². The molecule has 0 fully saturated rings. The molecule has 0 aliphatic rings. The van der Waals surface area contributed by atoms with Gasteiger partial charge in [0.25, 0.3) is 0 Å². The Morgan fingerprint density at radius 3 is 2.42 bits per heavy atom. The maximum atomic E-state index is 12.9. The van der Waals surface area contributed by atoms with E-state index in [0.717, 1.165) is 4.57 Å². The Labute approximate surface area is 168 Å². The van der Waals surface area contributed by atoms with Gasteiger partial charge in [-0.3, -0.25) is 13.9 Å². The lowest BCUT2D eigenvalue weighted by atomic mass is 10.2. The Morgan fingerprint density at radius 1 is 1.04 bits per heavy atom. The van der Waals surface area contributed by atoms with Gasteiger partial charge in [-0.2, -0.15) is 0 Å². The predicted molar refractivity (Wildman–Crippen MR) is 105 cm³/mol. The summed E-state index contributed by atoms with van der Waals surface area (Å²) in [4.78, 5) is 24.1. The molecule has 0 bridgehead atoms. The Morgan fingerprint density at radius 2 is 1.77 bits per heavy atom. The molecule has 0 atom stereocenters. The van der Waals surface area contributed by atoms with Crippen LogP contribution in [0, 0.1) is 4.64 Å². The first-order chi connectivity index (χ1) is 12.3. The zero-order valence-corrected chi connectivity index (χ0v) is 16.2. The molecule has 2 aromatic carbocycles. The lowest BCUT2D eigenvalue weighted by Crippen LogP contribution is -2.34. The topological polar surface area (TPSA) is 64.2 Å². The number of aromatic nitrogens is 2. The van der Waals surface area contributed by atoms with E-state index in [1.807, 2.05) is 0 Å². The summed E-state index contributed by atoms with van der Waals surface area (Å²) < 4.78 is 2.73. The van der Waals surface area contributed by atoms with Gasteiger partial charge in [-0.05, 0) is 35.9 Å². The molecule has 5 nitrogen and oxygen atoms in total. The van der Waals surface area contributed by atoms with Crippen molar-refractivity contribution in [1.29, 1.82) is 0 Å². The van der Waals surface area contributed by atoms with E-state index >= 15 is 0 Å². The third-order valence-electron chi connectivity index (χ3n) is 3.80. The first kappa shape index (κ1) is 18.9. The highest BCUT2D eigenvalue weighted by molar-refractivity contribution is 7.71. The van der Waals surface area contributed by atoms with Crippen LogP contribution in [-0.2, 0) is 17.9 Å². The van der Waals surface area contributed by atoms with Crippen LogP contribution >= 0.6 is 47.0 Å². The van der Waals surface area contributed by atoms with Crippen LogP contribution in [-0.4, -0.2) is 20.2 Å². The molecule has 0 radical (unpaired) electrons. The van der Waals surface area contributed by atoms with Crippen LogP contribution in [0.4, 0.5) is 0 Å². The minimum Gasteiger partial charge on any atom is -0.480 e. The second-order valence-corrected chi connectivity index (χ2v) is 7.20. The molecule has 0 aliphatic heterocycles. The van der Waals surface area contributed by atoms with Gasteiger partial charge in [0.2, 0.25) is 0 Å². The van der Waals surface area contributed by atoms with E-state index in [0.29, 0.717) is 31.5 Å². The molecule has 0 amide bonds. The lowest BCUT2D eigenvalue weighted by Gasteiger charge is -2.14. The van der Waals surface area contributed by atoms with Gasteiger partial charge in [-0.25, -0.2) is 4.79 Å². The molecule has 0 saturated carbocycles. The van der Waals surface area contributed by atoms with Crippen LogP contribution < -0.4 is 5.69 Å². The monoisotopic (exact) mass is 428 g/mol. The van der Waals surface area contributed by atoms with Gasteiger partial charge >= 0.3 is 11.7 Å². The van der Waals surface area contributed by atoms with Crippen molar-refractivity contribution in [1.82, 2.24) is 9.13 Å². The van der Waals surface area contributed by atoms with Crippen LogP contribution in [0.25, 0.3) is 10.9 Å². The average molecular weight is 430 g/mol. The molecule has 0 aliphatic carbocycles. The van der Waals surface area contributed by atoms with E-state index in [-0.39, 0.29) is 11.2 Å². The number of carbonyl (C=O) groups is 1. The molecule has 3 rings (SSSR count). The Kier molecular flexibility index (Phi) is 5.39. The third kappa shape index (κ3) is 3.64. The molecule has 134 valence electrons. The Balaban J connectivity index is 2.27. The number of benzene rings is 2. The lowest BCUT2D eigenvalue weighted by molar-refractivity contribution is -0.137. The molecule has 1 heterocycles. The fourth-order valence-corrected chi connectivity index (χ4v) is 3.44. The summed E-state index contributed by atoms with van der Waals surface area (Å²) in [6, 6.07) is 9.76. The number of carboxylic acid groups (broad SMARTS) is 1. The minimum atomic E-state index is -1.14. The quantitative estimate of drug-likeness (QED) is 0.614. The van der Waals surface area contributed by atoms with Gasteiger partial charge in [0, 0.05) is 10.4 Å². The van der Waals surface area contributed by atoms with E-state index in [9.17, 15) is 9.59 Å². The van der Waals surface area contributed by atoms with E-state index in [4.69, 9.17) is 52.1 Å². The summed E-state index contributed by atoms with van der Waals surface area (Å²) in [5, 5.41) is 10.9. The highest BCUT2D eigenvalue weighted by Gasteiger charge is 2.14. The first-order valence-electron chi connectivity index (χ1n) is 7.36. The second kappa shape index (κ2) is 7.40. The fourth-order valence-electron chi connectivity index (χ4n) is 2.64. The van der Waals surface area contributed by atoms with E-state index in [2.05, 4.69) is 0 Å². The SMILES string of the molecule is O=C(O)Cn1c(=O)n(Cc2ccc(Cl)c(Cl)c2)c(=S)c2cc(Cl)ccc21. The van der Waals surface area contributed by atoms with Gasteiger partial charge in [0.1, 0.15) is 11.2 Å². The van der Waals surface area contributed by atoms with Crippen LogP contribution in [0.1, 0.15) is 5.56 Å². The van der Waals surface area contributed by atoms with Crippen LogP contribution in [0.3, 0.4) is 0 Å². The van der Waals surface area contributed by atoms with Gasteiger partial charge in [-0.15, -0.1) is 0 Å². The molecule has 0 unspecified atom stereocenters. The maximum absolute atomic E-state index is 12.9. The molecule has 1 aromatic heterocycles. The van der Waals surface area contributed by atoms with E-state index in [1.165, 1.54) is 4.57 Å². The zero-order chi connectivity index (χ0) is 19.0. The maximum Gasteiger partial charge on any atom is 0.330 e.